The molecule has 0 radical (unpaired) electrons. The molecule has 1 aliphatic heterocycles. The molecule has 0 bridgehead atoms. The van der Waals surface area contributed by atoms with Crippen LogP contribution in [0.5, 0.6) is 0 Å². The number of carbonyl (C=O) groups excluding carboxylic acids is 1. The summed E-state index contributed by atoms with van der Waals surface area (Å²) in [6.07, 6.45) is 0.915. The molecule has 0 aliphatic carbocycles. The fourth-order valence-electron chi connectivity index (χ4n) is 1.90. The van der Waals surface area contributed by atoms with Gasteiger partial charge in [0.15, 0.2) is 0 Å². The Morgan fingerprint density at radius 3 is 3.07 bits per heavy atom. The lowest BCUT2D eigenvalue weighted by atomic mass is 9.95. The lowest BCUT2D eigenvalue weighted by Crippen LogP contribution is -2.48. The summed E-state index contributed by atoms with van der Waals surface area (Å²) < 4.78 is 0. The minimum atomic E-state index is 0.156. The second-order valence-electron chi connectivity index (χ2n) is 4.16. The number of hydrogen-bond donors (Lipinski definition) is 1. The molecule has 2 heterocycles. The summed E-state index contributed by atoms with van der Waals surface area (Å²) in [5.74, 6) is 0.561. The Balaban J connectivity index is 2.03. The Morgan fingerprint density at radius 2 is 2.47 bits per heavy atom. The fourth-order valence-corrected chi connectivity index (χ4v) is 2.60. The highest BCUT2D eigenvalue weighted by Gasteiger charge is 2.26. The summed E-state index contributed by atoms with van der Waals surface area (Å²) in [4.78, 5) is 14.8. The molecule has 1 amide bonds. The molecule has 1 aliphatic rings. The van der Waals surface area contributed by atoms with E-state index in [1.807, 2.05) is 22.4 Å². The second-order valence-corrected chi connectivity index (χ2v) is 5.11. The van der Waals surface area contributed by atoms with Gasteiger partial charge in [-0.25, -0.2) is 0 Å². The van der Waals surface area contributed by atoms with E-state index in [1.165, 1.54) is 11.3 Å². The van der Waals surface area contributed by atoms with Crippen LogP contribution in [0.4, 0.5) is 0 Å². The minimum absolute atomic E-state index is 0.156. The van der Waals surface area contributed by atoms with Crippen LogP contribution in [0.25, 0.3) is 0 Å². The van der Waals surface area contributed by atoms with E-state index in [2.05, 4.69) is 6.92 Å². The van der Waals surface area contributed by atoms with Gasteiger partial charge in [0.25, 0.3) is 5.91 Å². The lowest BCUT2D eigenvalue weighted by Gasteiger charge is -2.34. The summed E-state index contributed by atoms with van der Waals surface area (Å²) in [6.45, 7) is 3.69. The van der Waals surface area contributed by atoms with Crippen molar-refractivity contribution in [1.82, 2.24) is 4.90 Å². The van der Waals surface area contributed by atoms with E-state index in [0.29, 0.717) is 5.92 Å². The smallest absolute Gasteiger partial charge is 0.263 e. The van der Waals surface area contributed by atoms with Gasteiger partial charge in [-0.05, 0) is 23.8 Å². The molecule has 1 aromatic heterocycles. The third-order valence-corrected chi connectivity index (χ3v) is 3.85. The van der Waals surface area contributed by atoms with Gasteiger partial charge in [0, 0.05) is 19.1 Å². The third-order valence-electron chi connectivity index (χ3n) is 2.99. The molecular weight excluding hydrogens is 208 g/mol. The number of amides is 1. The molecule has 1 aromatic rings. The van der Waals surface area contributed by atoms with Crippen molar-refractivity contribution in [3.63, 3.8) is 0 Å². The Hall–Kier alpha value is -0.870. The van der Waals surface area contributed by atoms with Crippen LogP contribution >= 0.6 is 11.3 Å². The Bertz CT molecular complexity index is 336. The van der Waals surface area contributed by atoms with Crippen LogP contribution < -0.4 is 5.73 Å². The first kappa shape index (κ1) is 10.6. The van der Waals surface area contributed by atoms with Gasteiger partial charge in [0.05, 0.1) is 4.88 Å². The van der Waals surface area contributed by atoms with Crippen LogP contribution in [0.3, 0.4) is 0 Å². The molecule has 15 heavy (non-hydrogen) atoms. The van der Waals surface area contributed by atoms with E-state index in [1.54, 1.807) is 0 Å². The van der Waals surface area contributed by atoms with E-state index in [0.717, 1.165) is 24.4 Å². The largest absolute Gasteiger partial charge is 0.338 e. The molecule has 0 saturated carbocycles. The highest BCUT2D eigenvalue weighted by Crippen LogP contribution is 2.19. The normalized spacial score (nSPS) is 26.7. The number of nitrogens with zero attached hydrogens (tertiary/aromatic N) is 1. The summed E-state index contributed by atoms with van der Waals surface area (Å²) in [7, 11) is 0. The number of likely N-dealkylation sites (tertiary alicyclic amines) is 1. The molecule has 0 spiro atoms. The molecule has 1 fully saturated rings. The number of thiophene rings is 1. The number of carbonyl (C=O) groups is 1. The van der Waals surface area contributed by atoms with Crippen molar-refractivity contribution in [2.75, 3.05) is 13.1 Å². The lowest BCUT2D eigenvalue weighted by molar-refractivity contribution is 0.0669. The summed E-state index contributed by atoms with van der Waals surface area (Å²) in [5.41, 5.74) is 5.92. The van der Waals surface area contributed by atoms with Gasteiger partial charge in [-0.2, -0.15) is 0 Å². The molecule has 3 nitrogen and oxygen atoms in total. The van der Waals surface area contributed by atoms with Crippen molar-refractivity contribution in [3.05, 3.63) is 22.4 Å². The van der Waals surface area contributed by atoms with Gasteiger partial charge in [0.2, 0.25) is 0 Å². The van der Waals surface area contributed by atoms with Gasteiger partial charge in [-0.1, -0.05) is 13.0 Å². The maximum Gasteiger partial charge on any atom is 0.263 e. The van der Waals surface area contributed by atoms with Crippen molar-refractivity contribution in [2.45, 2.75) is 19.4 Å². The SMILES string of the molecule is CC1CN(C(=O)c2cccs2)CCC1N. The highest BCUT2D eigenvalue weighted by molar-refractivity contribution is 7.12. The maximum absolute atomic E-state index is 12.0. The van der Waals surface area contributed by atoms with Crippen molar-refractivity contribution in [2.24, 2.45) is 11.7 Å². The van der Waals surface area contributed by atoms with Gasteiger partial charge >= 0.3 is 0 Å². The minimum Gasteiger partial charge on any atom is -0.338 e. The van der Waals surface area contributed by atoms with E-state index in [9.17, 15) is 4.79 Å². The average molecular weight is 224 g/mol. The van der Waals surface area contributed by atoms with Crippen LogP contribution in [0, 0.1) is 5.92 Å². The standard InChI is InChI=1S/C11H16N2OS/c1-8-7-13(5-4-9(8)12)11(14)10-3-2-6-15-10/h2-3,6,8-9H,4-5,7,12H2,1H3. The predicted octanol–water partition coefficient (Wildman–Crippen LogP) is 1.56. The van der Waals surface area contributed by atoms with E-state index < -0.39 is 0 Å². The average Bonchev–Trinajstić information content (AvgIpc) is 2.74. The third kappa shape index (κ3) is 2.21. The molecule has 2 unspecified atom stereocenters. The van der Waals surface area contributed by atoms with Gasteiger partial charge in [-0.15, -0.1) is 11.3 Å². The first-order valence-corrected chi connectivity index (χ1v) is 6.15. The summed E-state index contributed by atoms with van der Waals surface area (Å²) >= 11 is 1.50. The Kier molecular flexibility index (Phi) is 3.07. The first-order valence-electron chi connectivity index (χ1n) is 5.27. The molecular formula is C11H16N2OS. The monoisotopic (exact) mass is 224 g/mol. The van der Waals surface area contributed by atoms with Crippen molar-refractivity contribution >= 4 is 17.2 Å². The number of piperidine rings is 1. The van der Waals surface area contributed by atoms with Crippen LogP contribution in [-0.2, 0) is 0 Å². The van der Waals surface area contributed by atoms with Crippen LogP contribution in [0.2, 0.25) is 0 Å². The zero-order valence-corrected chi connectivity index (χ0v) is 9.67. The van der Waals surface area contributed by atoms with Crippen molar-refractivity contribution < 1.29 is 4.79 Å². The molecule has 82 valence electrons. The van der Waals surface area contributed by atoms with Crippen LogP contribution in [0.15, 0.2) is 17.5 Å². The number of rotatable bonds is 1. The predicted molar refractivity (Wildman–Crippen MR) is 62.0 cm³/mol. The molecule has 4 heteroatoms. The van der Waals surface area contributed by atoms with Gasteiger partial charge in [-0.3, -0.25) is 4.79 Å². The fraction of sp³-hybridized carbons (Fsp3) is 0.545. The molecule has 2 atom stereocenters. The molecule has 2 rings (SSSR count). The number of nitrogens with two attached hydrogens (primary N) is 1. The zero-order chi connectivity index (χ0) is 10.8. The van der Waals surface area contributed by atoms with Gasteiger partial charge in [0.1, 0.15) is 0 Å². The van der Waals surface area contributed by atoms with Crippen LogP contribution in [-0.4, -0.2) is 29.9 Å². The topological polar surface area (TPSA) is 46.3 Å². The van der Waals surface area contributed by atoms with E-state index in [-0.39, 0.29) is 11.9 Å². The quantitative estimate of drug-likeness (QED) is 0.787. The first-order chi connectivity index (χ1) is 7.18. The molecule has 2 N–H and O–H groups in total. The maximum atomic E-state index is 12.0. The summed E-state index contributed by atoms with van der Waals surface area (Å²) in [6, 6.07) is 4.04. The highest BCUT2D eigenvalue weighted by atomic mass is 32.1. The zero-order valence-electron chi connectivity index (χ0n) is 8.85. The van der Waals surface area contributed by atoms with Crippen molar-refractivity contribution in [1.29, 1.82) is 0 Å². The Labute approximate surface area is 93.9 Å². The number of hydrogen-bond acceptors (Lipinski definition) is 3. The summed E-state index contributed by atoms with van der Waals surface area (Å²) in [5, 5.41) is 1.94. The Morgan fingerprint density at radius 1 is 1.67 bits per heavy atom. The molecule has 0 aromatic carbocycles. The van der Waals surface area contributed by atoms with Gasteiger partial charge < -0.3 is 10.6 Å². The van der Waals surface area contributed by atoms with E-state index >= 15 is 0 Å². The second kappa shape index (κ2) is 4.33. The molecule has 1 saturated heterocycles. The van der Waals surface area contributed by atoms with Crippen molar-refractivity contribution in [3.8, 4) is 0 Å². The van der Waals surface area contributed by atoms with E-state index in [4.69, 9.17) is 5.73 Å². The van der Waals surface area contributed by atoms with Crippen LogP contribution in [0.1, 0.15) is 23.0 Å².